The minimum atomic E-state index is 0.317. The van der Waals surface area contributed by atoms with Crippen LogP contribution in [0.2, 0.25) is 0 Å². The Balaban J connectivity index is 3.07. The topological polar surface area (TPSA) is 17.1 Å². The van der Waals surface area contributed by atoms with E-state index in [1.54, 1.807) is 6.92 Å². The third-order valence-electron chi connectivity index (χ3n) is 2.29. The van der Waals surface area contributed by atoms with Crippen molar-refractivity contribution in [3.63, 3.8) is 0 Å². The third kappa shape index (κ3) is 11.4. The first-order valence-corrected chi connectivity index (χ1v) is 5.91. The van der Waals surface area contributed by atoms with Crippen LogP contribution in [0.15, 0.2) is 12.2 Å². The lowest BCUT2D eigenvalue weighted by Gasteiger charge is -1.94. The van der Waals surface area contributed by atoms with E-state index in [1.165, 1.54) is 25.7 Å². The number of allylic oxidation sites excluding steroid dienone is 2. The van der Waals surface area contributed by atoms with E-state index < -0.39 is 0 Å². The van der Waals surface area contributed by atoms with Crippen LogP contribution >= 0.6 is 0 Å². The van der Waals surface area contributed by atoms with Crippen molar-refractivity contribution < 1.29 is 4.79 Å². The first kappa shape index (κ1) is 13.4. The van der Waals surface area contributed by atoms with Crippen molar-refractivity contribution in [2.24, 2.45) is 0 Å². The standard InChI is InChI=1S/C13H24O/c1-3-4-5-6-7-8-9-10-11-12-13(2)14/h7-8H,3-6,9-12H2,1-2H3. The van der Waals surface area contributed by atoms with Gasteiger partial charge >= 0.3 is 0 Å². The van der Waals surface area contributed by atoms with E-state index in [4.69, 9.17) is 0 Å². The molecule has 82 valence electrons. The van der Waals surface area contributed by atoms with Crippen LogP contribution in [0.25, 0.3) is 0 Å². The molecule has 0 N–H and O–H groups in total. The van der Waals surface area contributed by atoms with Crippen LogP contribution in [-0.2, 0) is 4.79 Å². The Kier molecular flexibility index (Phi) is 10.0. The van der Waals surface area contributed by atoms with Crippen LogP contribution < -0.4 is 0 Å². The highest BCUT2D eigenvalue weighted by Gasteiger charge is 1.91. The lowest BCUT2D eigenvalue weighted by Crippen LogP contribution is -1.88. The lowest BCUT2D eigenvalue weighted by atomic mass is 10.1. The number of rotatable bonds is 9. The molecule has 1 heteroatoms. The number of hydrogen-bond donors (Lipinski definition) is 0. The molecule has 0 aromatic carbocycles. The van der Waals surface area contributed by atoms with Crippen LogP contribution in [0.4, 0.5) is 0 Å². The second-order valence-electron chi connectivity index (χ2n) is 3.91. The molecule has 0 radical (unpaired) electrons. The summed E-state index contributed by atoms with van der Waals surface area (Å²) in [5.41, 5.74) is 0. The van der Waals surface area contributed by atoms with Gasteiger partial charge in [0.1, 0.15) is 5.78 Å². The molecule has 0 fully saturated rings. The molecule has 0 aliphatic heterocycles. The molecular weight excluding hydrogens is 172 g/mol. The summed E-state index contributed by atoms with van der Waals surface area (Å²) in [6.07, 6.45) is 13.8. The molecule has 0 heterocycles. The van der Waals surface area contributed by atoms with Crippen LogP contribution in [0.1, 0.15) is 65.2 Å². The van der Waals surface area contributed by atoms with Gasteiger partial charge in [-0.25, -0.2) is 0 Å². The van der Waals surface area contributed by atoms with Gasteiger partial charge in [0.05, 0.1) is 0 Å². The van der Waals surface area contributed by atoms with E-state index in [1.807, 2.05) is 0 Å². The predicted octanol–water partition coefficient (Wildman–Crippen LogP) is 4.27. The number of hydrogen-bond acceptors (Lipinski definition) is 1. The van der Waals surface area contributed by atoms with Gasteiger partial charge in [0.25, 0.3) is 0 Å². The van der Waals surface area contributed by atoms with Crippen molar-refractivity contribution in [2.45, 2.75) is 65.2 Å². The summed E-state index contributed by atoms with van der Waals surface area (Å²) < 4.78 is 0. The normalized spacial score (nSPS) is 11.0. The highest BCUT2D eigenvalue weighted by Crippen LogP contribution is 2.04. The number of Topliss-reactive ketones (excluding diaryl/α,β-unsaturated/α-hetero) is 1. The molecule has 0 atom stereocenters. The smallest absolute Gasteiger partial charge is 0.129 e. The summed E-state index contributed by atoms with van der Waals surface area (Å²) in [6.45, 7) is 3.89. The Morgan fingerprint density at radius 2 is 1.57 bits per heavy atom. The van der Waals surface area contributed by atoms with E-state index in [0.29, 0.717) is 5.78 Å². The molecule has 0 saturated carbocycles. The maximum atomic E-state index is 10.6. The Labute approximate surface area is 88.6 Å². The lowest BCUT2D eigenvalue weighted by molar-refractivity contribution is -0.117. The highest BCUT2D eigenvalue weighted by molar-refractivity contribution is 5.75. The minimum absolute atomic E-state index is 0.317. The quantitative estimate of drug-likeness (QED) is 0.397. The zero-order valence-electron chi connectivity index (χ0n) is 9.72. The molecule has 0 unspecified atom stereocenters. The van der Waals surface area contributed by atoms with E-state index >= 15 is 0 Å². The van der Waals surface area contributed by atoms with Crippen LogP contribution in [0, 0.1) is 0 Å². The summed E-state index contributed by atoms with van der Waals surface area (Å²) in [5, 5.41) is 0. The number of unbranched alkanes of at least 4 members (excludes halogenated alkanes) is 5. The second kappa shape index (κ2) is 10.5. The first-order chi connectivity index (χ1) is 6.77. The van der Waals surface area contributed by atoms with Crippen LogP contribution in [0.5, 0.6) is 0 Å². The molecule has 0 amide bonds. The Morgan fingerprint density at radius 3 is 2.07 bits per heavy atom. The van der Waals surface area contributed by atoms with Crippen molar-refractivity contribution >= 4 is 5.78 Å². The Bertz CT molecular complexity index is 159. The van der Waals surface area contributed by atoms with Crippen molar-refractivity contribution in [3.05, 3.63) is 12.2 Å². The molecule has 0 rings (SSSR count). The molecule has 0 aliphatic rings. The predicted molar refractivity (Wildman–Crippen MR) is 62.4 cm³/mol. The molecule has 14 heavy (non-hydrogen) atoms. The summed E-state index contributed by atoms with van der Waals surface area (Å²) in [7, 11) is 0. The fraction of sp³-hybridized carbons (Fsp3) is 0.769. The Hall–Kier alpha value is -0.590. The Morgan fingerprint density at radius 1 is 1.00 bits per heavy atom. The van der Waals surface area contributed by atoms with Gasteiger partial charge in [-0.1, -0.05) is 31.9 Å². The average molecular weight is 196 g/mol. The fourth-order valence-electron chi connectivity index (χ4n) is 1.38. The molecule has 0 aliphatic carbocycles. The molecule has 0 aromatic rings. The SMILES string of the molecule is CCCCCC=CCCCCC(C)=O. The van der Waals surface area contributed by atoms with E-state index in [2.05, 4.69) is 19.1 Å². The van der Waals surface area contributed by atoms with Crippen LogP contribution in [-0.4, -0.2) is 5.78 Å². The van der Waals surface area contributed by atoms with Gasteiger partial charge in [-0.3, -0.25) is 0 Å². The van der Waals surface area contributed by atoms with Crippen LogP contribution in [0.3, 0.4) is 0 Å². The highest BCUT2D eigenvalue weighted by atomic mass is 16.1. The van der Waals surface area contributed by atoms with Crippen molar-refractivity contribution in [1.29, 1.82) is 0 Å². The number of carbonyl (C=O) groups is 1. The monoisotopic (exact) mass is 196 g/mol. The minimum Gasteiger partial charge on any atom is -0.300 e. The van der Waals surface area contributed by atoms with Crippen molar-refractivity contribution in [1.82, 2.24) is 0 Å². The second-order valence-corrected chi connectivity index (χ2v) is 3.91. The largest absolute Gasteiger partial charge is 0.300 e. The first-order valence-electron chi connectivity index (χ1n) is 5.91. The summed E-state index contributed by atoms with van der Waals surface area (Å²) in [6, 6.07) is 0. The van der Waals surface area contributed by atoms with E-state index in [9.17, 15) is 4.79 Å². The maximum Gasteiger partial charge on any atom is 0.129 e. The van der Waals surface area contributed by atoms with Gasteiger partial charge in [-0.15, -0.1) is 0 Å². The molecule has 1 nitrogen and oxygen atoms in total. The van der Waals surface area contributed by atoms with E-state index in [-0.39, 0.29) is 0 Å². The number of carbonyl (C=O) groups excluding carboxylic acids is 1. The van der Waals surface area contributed by atoms with Gasteiger partial charge in [0.2, 0.25) is 0 Å². The maximum absolute atomic E-state index is 10.6. The molecule has 0 saturated heterocycles. The van der Waals surface area contributed by atoms with Crippen molar-refractivity contribution in [3.8, 4) is 0 Å². The third-order valence-corrected chi connectivity index (χ3v) is 2.29. The molecule has 0 aromatic heterocycles. The fourth-order valence-corrected chi connectivity index (χ4v) is 1.38. The van der Waals surface area contributed by atoms with Gasteiger partial charge in [0.15, 0.2) is 0 Å². The van der Waals surface area contributed by atoms with Gasteiger partial charge < -0.3 is 4.79 Å². The van der Waals surface area contributed by atoms with Gasteiger partial charge in [0, 0.05) is 6.42 Å². The summed E-state index contributed by atoms with van der Waals surface area (Å²) >= 11 is 0. The molecule has 0 bridgehead atoms. The van der Waals surface area contributed by atoms with Gasteiger partial charge in [-0.2, -0.15) is 0 Å². The molecular formula is C13H24O. The zero-order chi connectivity index (χ0) is 10.6. The summed E-state index contributed by atoms with van der Waals surface area (Å²) in [5.74, 6) is 0.317. The molecule has 0 spiro atoms. The average Bonchev–Trinajstić information content (AvgIpc) is 2.15. The summed E-state index contributed by atoms with van der Waals surface area (Å²) in [4.78, 5) is 10.6. The van der Waals surface area contributed by atoms with Crippen molar-refractivity contribution in [2.75, 3.05) is 0 Å². The number of ketones is 1. The van der Waals surface area contributed by atoms with E-state index in [0.717, 1.165) is 25.7 Å². The van der Waals surface area contributed by atoms with Gasteiger partial charge in [-0.05, 0) is 39.0 Å². The zero-order valence-corrected chi connectivity index (χ0v) is 9.72.